The van der Waals surface area contributed by atoms with Crippen LogP contribution in [-0.2, 0) is 12.3 Å². The predicted molar refractivity (Wildman–Crippen MR) is 38.4 cm³/mol. The van der Waals surface area contributed by atoms with Gasteiger partial charge in [-0.05, 0) is 18.2 Å². The number of hydrogen-bond donors (Lipinski definition) is 0. The van der Waals surface area contributed by atoms with Crippen LogP contribution in [0.15, 0.2) is 6.20 Å². The number of rotatable bonds is 0. The molecule has 0 amide bonds. The zero-order valence-electron chi connectivity index (χ0n) is 6.14. The summed E-state index contributed by atoms with van der Waals surface area (Å²) >= 11 is 0.683. The lowest BCUT2D eigenvalue weighted by Gasteiger charge is -2.05. The summed E-state index contributed by atoms with van der Waals surface area (Å²) in [6, 6.07) is 0. The van der Waals surface area contributed by atoms with Crippen LogP contribution in [0.1, 0.15) is 17.7 Å². The third-order valence-corrected chi connectivity index (χ3v) is 2.42. The van der Waals surface area contributed by atoms with Crippen LogP contribution >= 0.6 is 0 Å². The van der Waals surface area contributed by atoms with Crippen molar-refractivity contribution in [3.05, 3.63) is 17.5 Å². The monoisotopic (exact) mass is 172 g/mol. The first-order valence-electron chi connectivity index (χ1n) is 3.50. The molecule has 2 rings (SSSR count). The van der Waals surface area contributed by atoms with Crippen LogP contribution in [0, 0.1) is 0 Å². The van der Waals surface area contributed by atoms with Gasteiger partial charge in [-0.25, -0.2) is 0 Å². The average molecular weight is 172 g/mol. The van der Waals surface area contributed by atoms with Gasteiger partial charge in [-0.15, -0.1) is 0 Å². The van der Waals surface area contributed by atoms with Crippen molar-refractivity contribution in [3.8, 4) is 0 Å². The molecule has 0 saturated heterocycles. The summed E-state index contributed by atoms with van der Waals surface area (Å²) in [5, 5.41) is 3.77. The normalized spacial score (nSPS) is 20.2. The summed E-state index contributed by atoms with van der Waals surface area (Å²) in [5.41, 5.74) is 0.734. The van der Waals surface area contributed by atoms with Gasteiger partial charge < -0.3 is 3.67 Å². The number of hydrogen-bond acceptors (Lipinski definition) is 1. The Morgan fingerprint density at radius 1 is 1.64 bits per heavy atom. The second kappa shape index (κ2) is 2.05. The van der Waals surface area contributed by atoms with Gasteiger partial charge in [-0.2, -0.15) is 13.9 Å². The van der Waals surface area contributed by atoms with Gasteiger partial charge in [0.25, 0.3) is 5.92 Å². The number of halogens is 2. The Morgan fingerprint density at radius 3 is 3.00 bits per heavy atom. The molecule has 0 atom stereocenters. The molecule has 0 aromatic carbocycles. The summed E-state index contributed by atoms with van der Waals surface area (Å²) in [4.78, 5) is 0. The molecule has 0 fully saturated rings. The molecule has 1 aliphatic rings. The number of aryl methyl sites for hydroxylation is 1. The molecule has 1 aromatic rings. The van der Waals surface area contributed by atoms with E-state index in [1.807, 2.05) is 0 Å². The Hall–Kier alpha value is -0.398. The Balaban J connectivity index is 2.54. The minimum Gasteiger partial charge on any atom is -0.374 e. The van der Waals surface area contributed by atoms with Gasteiger partial charge >= 0.3 is 16.5 Å². The smallest absolute Gasteiger partial charge is 0.374 e. The van der Waals surface area contributed by atoms with E-state index in [0.717, 1.165) is 5.56 Å². The number of nitrogens with zero attached hydrogens (tertiary/aromatic N) is 2. The Bertz CT molecular complexity index is 295. The van der Waals surface area contributed by atoms with Gasteiger partial charge in [-0.1, -0.05) is 0 Å². The molecule has 11 heavy (non-hydrogen) atoms. The van der Waals surface area contributed by atoms with E-state index in [1.54, 1.807) is 9.86 Å². The fraction of sp³-hybridized carbons (Fsp3) is 0.500. The highest BCUT2D eigenvalue weighted by Crippen LogP contribution is 2.39. The van der Waals surface area contributed by atoms with E-state index in [1.165, 1.54) is 0 Å². The van der Waals surface area contributed by atoms with Crippen molar-refractivity contribution in [1.29, 1.82) is 0 Å². The highest BCUT2D eigenvalue weighted by atomic mass is 27.1. The van der Waals surface area contributed by atoms with E-state index in [4.69, 9.17) is 0 Å². The number of aromatic nitrogens is 2. The van der Waals surface area contributed by atoms with Crippen LogP contribution in [0.25, 0.3) is 0 Å². The zero-order valence-corrected chi connectivity index (χ0v) is 8.14. The Labute approximate surface area is 70.8 Å². The van der Waals surface area contributed by atoms with Crippen LogP contribution in [-0.4, -0.2) is 25.3 Å². The maximum atomic E-state index is 12.9. The fourth-order valence-electron chi connectivity index (χ4n) is 1.44. The maximum Gasteiger partial charge on any atom is 0.397 e. The molecule has 0 unspecified atom stereocenters. The van der Waals surface area contributed by atoms with Gasteiger partial charge in [0.15, 0.2) is 0 Å². The summed E-state index contributed by atoms with van der Waals surface area (Å²) in [6.45, 7) is 0. The highest BCUT2D eigenvalue weighted by molar-refractivity contribution is 6.05. The van der Waals surface area contributed by atoms with Crippen molar-refractivity contribution in [2.24, 2.45) is 0 Å². The molecule has 0 radical (unpaired) electrons. The topological polar surface area (TPSA) is 17.8 Å². The van der Waals surface area contributed by atoms with Gasteiger partial charge in [0.05, 0.1) is 0 Å². The van der Waals surface area contributed by atoms with Gasteiger partial charge in [0.1, 0.15) is 5.69 Å². The van der Waals surface area contributed by atoms with Crippen LogP contribution in [0.2, 0.25) is 0 Å². The molecule has 0 spiro atoms. The maximum absolute atomic E-state index is 12.9. The lowest BCUT2D eigenvalue weighted by atomic mass is 10.3. The minimum absolute atomic E-state index is 0.00694. The average Bonchev–Trinajstić information content (AvgIpc) is 2.35. The third kappa shape index (κ3) is 0.996. The van der Waals surface area contributed by atoms with E-state index in [2.05, 4.69) is 5.10 Å². The molecule has 0 N–H and O–H groups in total. The first-order valence-corrected chi connectivity index (χ1v) is 4.40. The van der Waals surface area contributed by atoms with E-state index in [0.29, 0.717) is 22.9 Å². The second-order valence-electron chi connectivity index (χ2n) is 2.88. The standard InChI is InChI=1S/C6H5F2N2.Al.2H/c7-6(8)2-1-4-3-9-10-5(4)6;;;/h3H,1-2H2;;;/q-1;+1;;. The summed E-state index contributed by atoms with van der Waals surface area (Å²) in [5.74, 6) is -2.66. The van der Waals surface area contributed by atoms with Crippen molar-refractivity contribution < 1.29 is 8.78 Å². The lowest BCUT2D eigenvalue weighted by Crippen LogP contribution is -2.10. The molecule has 1 aliphatic carbocycles. The van der Waals surface area contributed by atoms with E-state index in [-0.39, 0.29) is 12.1 Å². The molecule has 58 valence electrons. The quantitative estimate of drug-likeness (QED) is 0.515. The lowest BCUT2D eigenvalue weighted by molar-refractivity contribution is -0.00664. The second-order valence-corrected chi connectivity index (χ2v) is 3.80. The molecular formula is C6H7AlF2N2. The van der Waals surface area contributed by atoms with Gasteiger partial charge in [0.2, 0.25) is 0 Å². The molecule has 5 heteroatoms. The molecule has 1 aromatic heterocycles. The van der Waals surface area contributed by atoms with E-state index < -0.39 is 5.92 Å². The summed E-state index contributed by atoms with van der Waals surface area (Å²) < 4.78 is 27.4. The van der Waals surface area contributed by atoms with Crippen molar-refractivity contribution >= 4 is 16.5 Å². The minimum atomic E-state index is -2.66. The molecule has 0 bridgehead atoms. The van der Waals surface area contributed by atoms with Crippen LogP contribution in [0.4, 0.5) is 8.78 Å². The third-order valence-electron chi connectivity index (χ3n) is 1.96. The SMILES string of the molecule is FC1(F)CCc2c[n]([AlH2])nc21. The van der Waals surface area contributed by atoms with E-state index >= 15 is 0 Å². The molecule has 0 aliphatic heterocycles. The molecule has 1 heterocycles. The number of fused-ring (bicyclic) bond motifs is 1. The molecular weight excluding hydrogens is 165 g/mol. The summed E-state index contributed by atoms with van der Waals surface area (Å²) in [7, 11) is 0. The van der Waals surface area contributed by atoms with Crippen LogP contribution < -0.4 is 0 Å². The first-order chi connectivity index (χ1) is 5.09. The van der Waals surface area contributed by atoms with Gasteiger partial charge in [-0.3, -0.25) is 0 Å². The number of alkyl halides is 2. The van der Waals surface area contributed by atoms with Crippen molar-refractivity contribution in [2.45, 2.75) is 18.8 Å². The van der Waals surface area contributed by atoms with Gasteiger partial charge in [0, 0.05) is 6.42 Å². The van der Waals surface area contributed by atoms with Crippen LogP contribution in [0.5, 0.6) is 0 Å². The predicted octanol–water partition coefficient (Wildman–Crippen LogP) is 0.317. The van der Waals surface area contributed by atoms with Crippen molar-refractivity contribution in [3.63, 3.8) is 0 Å². The fourth-order valence-corrected chi connectivity index (χ4v) is 1.95. The van der Waals surface area contributed by atoms with Crippen molar-refractivity contribution in [1.82, 2.24) is 8.76 Å². The Morgan fingerprint density at radius 2 is 2.36 bits per heavy atom. The Kier molecular flexibility index (Phi) is 1.36. The van der Waals surface area contributed by atoms with Crippen LogP contribution in [0.3, 0.4) is 0 Å². The van der Waals surface area contributed by atoms with Crippen molar-refractivity contribution in [2.75, 3.05) is 0 Å². The largest absolute Gasteiger partial charge is 0.397 e. The molecule has 2 nitrogen and oxygen atoms in total. The van der Waals surface area contributed by atoms with E-state index in [9.17, 15) is 8.78 Å². The first kappa shape index (κ1) is 7.26. The zero-order chi connectivity index (χ0) is 8.06. The summed E-state index contributed by atoms with van der Waals surface area (Å²) in [6.07, 6.45) is 2.14. The highest BCUT2D eigenvalue weighted by Gasteiger charge is 2.41. The molecule has 0 saturated carbocycles.